The molecule has 1 aromatic rings. The van der Waals surface area contributed by atoms with Crippen molar-refractivity contribution >= 4 is 0 Å². The van der Waals surface area contributed by atoms with Gasteiger partial charge in [-0.25, -0.2) is 0 Å². The quantitative estimate of drug-likeness (QED) is 0.817. The first-order chi connectivity index (χ1) is 7.42. The lowest BCUT2D eigenvalue weighted by Crippen LogP contribution is -2.25. The molecule has 2 rings (SSSR count). The van der Waals surface area contributed by atoms with Gasteiger partial charge in [-0.2, -0.15) is 0 Å². The highest BCUT2D eigenvalue weighted by Gasteiger charge is 2.17. The predicted molar refractivity (Wildman–Crippen MR) is 62.0 cm³/mol. The lowest BCUT2D eigenvalue weighted by molar-refractivity contribution is 0.121. The Bertz CT molecular complexity index is 311. The molecule has 1 aromatic carbocycles. The standard InChI is InChI=1S/C13H19NO/c1-2-8-14-13-10-15-9-7-11-5-3-4-6-12(11)13/h3-6,13-14H,2,7-10H2,1H3. The fourth-order valence-electron chi connectivity index (χ4n) is 2.06. The van der Waals surface area contributed by atoms with Crippen LogP contribution in [-0.2, 0) is 11.2 Å². The van der Waals surface area contributed by atoms with E-state index < -0.39 is 0 Å². The Balaban J connectivity index is 2.17. The molecule has 0 amide bonds. The molecular weight excluding hydrogens is 186 g/mol. The van der Waals surface area contributed by atoms with Crippen LogP contribution >= 0.6 is 0 Å². The van der Waals surface area contributed by atoms with Gasteiger partial charge >= 0.3 is 0 Å². The smallest absolute Gasteiger partial charge is 0.0661 e. The van der Waals surface area contributed by atoms with E-state index in [0.717, 1.165) is 26.2 Å². The highest BCUT2D eigenvalue weighted by Crippen LogP contribution is 2.22. The number of rotatable bonds is 3. The summed E-state index contributed by atoms with van der Waals surface area (Å²) in [6.07, 6.45) is 2.21. The van der Waals surface area contributed by atoms with Gasteiger partial charge in [-0.3, -0.25) is 0 Å². The summed E-state index contributed by atoms with van der Waals surface area (Å²) in [4.78, 5) is 0. The van der Waals surface area contributed by atoms with Crippen molar-refractivity contribution in [2.75, 3.05) is 19.8 Å². The molecule has 1 aliphatic heterocycles. The van der Waals surface area contributed by atoms with Crippen molar-refractivity contribution in [3.8, 4) is 0 Å². The monoisotopic (exact) mass is 205 g/mol. The molecule has 15 heavy (non-hydrogen) atoms. The van der Waals surface area contributed by atoms with Crippen LogP contribution in [0.2, 0.25) is 0 Å². The second-order valence-corrected chi connectivity index (χ2v) is 4.03. The summed E-state index contributed by atoms with van der Waals surface area (Å²) in [5.41, 5.74) is 2.85. The summed E-state index contributed by atoms with van der Waals surface area (Å²) in [6.45, 7) is 4.90. The van der Waals surface area contributed by atoms with Gasteiger partial charge in [-0.05, 0) is 30.5 Å². The van der Waals surface area contributed by atoms with Crippen molar-refractivity contribution in [1.82, 2.24) is 5.32 Å². The van der Waals surface area contributed by atoms with E-state index in [9.17, 15) is 0 Å². The second-order valence-electron chi connectivity index (χ2n) is 4.03. The number of benzene rings is 1. The van der Waals surface area contributed by atoms with Crippen LogP contribution in [0.15, 0.2) is 24.3 Å². The van der Waals surface area contributed by atoms with E-state index in [-0.39, 0.29) is 0 Å². The zero-order valence-electron chi connectivity index (χ0n) is 9.33. The molecule has 0 saturated heterocycles. The van der Waals surface area contributed by atoms with Crippen LogP contribution in [0.25, 0.3) is 0 Å². The van der Waals surface area contributed by atoms with Gasteiger partial charge in [0.05, 0.1) is 19.3 Å². The molecule has 1 unspecified atom stereocenters. The second kappa shape index (κ2) is 5.29. The maximum atomic E-state index is 5.62. The van der Waals surface area contributed by atoms with Crippen LogP contribution in [-0.4, -0.2) is 19.8 Å². The highest BCUT2D eigenvalue weighted by atomic mass is 16.5. The molecule has 0 spiro atoms. The lowest BCUT2D eigenvalue weighted by atomic mass is 9.99. The van der Waals surface area contributed by atoms with E-state index in [1.54, 1.807) is 0 Å². The van der Waals surface area contributed by atoms with Crippen molar-refractivity contribution in [3.63, 3.8) is 0 Å². The molecule has 0 radical (unpaired) electrons. The summed E-state index contributed by atoms with van der Waals surface area (Å²) in [5, 5.41) is 3.54. The third-order valence-corrected chi connectivity index (χ3v) is 2.87. The van der Waals surface area contributed by atoms with E-state index >= 15 is 0 Å². The molecule has 0 aromatic heterocycles. The van der Waals surface area contributed by atoms with Gasteiger partial charge in [0.1, 0.15) is 0 Å². The minimum absolute atomic E-state index is 0.378. The summed E-state index contributed by atoms with van der Waals surface area (Å²) in [6, 6.07) is 9.04. The molecule has 0 fully saturated rings. The van der Waals surface area contributed by atoms with Gasteiger partial charge in [0.15, 0.2) is 0 Å². The Hall–Kier alpha value is -0.860. The number of nitrogens with one attached hydrogen (secondary N) is 1. The van der Waals surface area contributed by atoms with Crippen molar-refractivity contribution in [3.05, 3.63) is 35.4 Å². The van der Waals surface area contributed by atoms with E-state index in [4.69, 9.17) is 4.74 Å². The third kappa shape index (κ3) is 2.58. The van der Waals surface area contributed by atoms with Crippen LogP contribution in [0.5, 0.6) is 0 Å². The van der Waals surface area contributed by atoms with Crippen LogP contribution in [0, 0.1) is 0 Å². The van der Waals surface area contributed by atoms with Crippen LogP contribution < -0.4 is 5.32 Å². The van der Waals surface area contributed by atoms with E-state index in [2.05, 4.69) is 36.5 Å². The minimum atomic E-state index is 0.378. The SMILES string of the molecule is CCCNC1COCCc2ccccc21. The summed E-state index contributed by atoms with van der Waals surface area (Å²) in [7, 11) is 0. The van der Waals surface area contributed by atoms with Gasteiger partial charge < -0.3 is 10.1 Å². The Morgan fingerprint density at radius 3 is 3.13 bits per heavy atom. The fraction of sp³-hybridized carbons (Fsp3) is 0.538. The molecule has 1 heterocycles. The summed E-state index contributed by atoms with van der Waals surface area (Å²) < 4.78 is 5.62. The van der Waals surface area contributed by atoms with Gasteiger partial charge in [0.25, 0.3) is 0 Å². The van der Waals surface area contributed by atoms with E-state index in [0.29, 0.717) is 6.04 Å². The molecule has 82 valence electrons. The van der Waals surface area contributed by atoms with Crippen molar-refractivity contribution < 1.29 is 4.74 Å². The number of hydrogen-bond acceptors (Lipinski definition) is 2. The minimum Gasteiger partial charge on any atom is -0.379 e. The molecule has 2 nitrogen and oxygen atoms in total. The van der Waals surface area contributed by atoms with Crippen LogP contribution in [0.3, 0.4) is 0 Å². The number of ether oxygens (including phenoxy) is 1. The van der Waals surface area contributed by atoms with Gasteiger partial charge in [-0.1, -0.05) is 31.2 Å². The van der Waals surface area contributed by atoms with Crippen LogP contribution in [0.4, 0.5) is 0 Å². The summed E-state index contributed by atoms with van der Waals surface area (Å²) in [5.74, 6) is 0. The normalized spacial score (nSPS) is 20.7. The average molecular weight is 205 g/mol. The Morgan fingerprint density at radius 2 is 2.27 bits per heavy atom. The van der Waals surface area contributed by atoms with Crippen molar-refractivity contribution in [2.24, 2.45) is 0 Å². The fourth-order valence-corrected chi connectivity index (χ4v) is 2.06. The topological polar surface area (TPSA) is 21.3 Å². The molecule has 0 aliphatic carbocycles. The third-order valence-electron chi connectivity index (χ3n) is 2.87. The van der Waals surface area contributed by atoms with Gasteiger partial charge in [0.2, 0.25) is 0 Å². The Morgan fingerprint density at radius 1 is 1.40 bits per heavy atom. The Kier molecular flexibility index (Phi) is 3.75. The van der Waals surface area contributed by atoms with Crippen LogP contribution in [0.1, 0.15) is 30.5 Å². The van der Waals surface area contributed by atoms with Gasteiger partial charge in [0, 0.05) is 0 Å². The first-order valence-electron chi connectivity index (χ1n) is 5.80. The zero-order valence-corrected chi connectivity index (χ0v) is 9.33. The zero-order chi connectivity index (χ0) is 10.5. The molecule has 1 aliphatic rings. The number of fused-ring (bicyclic) bond motifs is 1. The molecule has 0 bridgehead atoms. The average Bonchev–Trinajstić information content (AvgIpc) is 2.49. The maximum Gasteiger partial charge on any atom is 0.0661 e. The van der Waals surface area contributed by atoms with E-state index in [1.165, 1.54) is 17.5 Å². The maximum absolute atomic E-state index is 5.62. The molecule has 1 atom stereocenters. The van der Waals surface area contributed by atoms with E-state index in [1.807, 2.05) is 0 Å². The first-order valence-corrected chi connectivity index (χ1v) is 5.80. The van der Waals surface area contributed by atoms with Crippen molar-refractivity contribution in [2.45, 2.75) is 25.8 Å². The molecule has 0 saturated carbocycles. The molecular formula is C13H19NO. The molecule has 2 heteroatoms. The largest absolute Gasteiger partial charge is 0.379 e. The molecule has 1 N–H and O–H groups in total. The summed E-state index contributed by atoms with van der Waals surface area (Å²) >= 11 is 0. The predicted octanol–water partition coefficient (Wildman–Crippen LogP) is 2.30. The lowest BCUT2D eigenvalue weighted by Gasteiger charge is -2.18. The first kappa shape index (κ1) is 10.7. The highest BCUT2D eigenvalue weighted by molar-refractivity contribution is 5.31. The van der Waals surface area contributed by atoms with Gasteiger partial charge in [-0.15, -0.1) is 0 Å². The Labute approximate surface area is 91.6 Å². The van der Waals surface area contributed by atoms with Crippen molar-refractivity contribution in [1.29, 1.82) is 0 Å². The number of hydrogen-bond donors (Lipinski definition) is 1.